The molecule has 7 heteroatoms. The summed E-state index contributed by atoms with van der Waals surface area (Å²) in [6, 6.07) is 14.7. The van der Waals surface area contributed by atoms with Crippen LogP contribution in [0.15, 0.2) is 59.6 Å². The summed E-state index contributed by atoms with van der Waals surface area (Å²) >= 11 is 1.49. The van der Waals surface area contributed by atoms with Crippen LogP contribution < -0.4 is 4.72 Å². The third-order valence-corrected chi connectivity index (χ3v) is 7.13. The summed E-state index contributed by atoms with van der Waals surface area (Å²) in [5.41, 5.74) is 2.27. The highest BCUT2D eigenvalue weighted by Gasteiger charge is 2.27. The van der Waals surface area contributed by atoms with E-state index in [2.05, 4.69) is 16.6 Å². The molecule has 1 atom stereocenters. The molecule has 1 aliphatic rings. The van der Waals surface area contributed by atoms with Gasteiger partial charge in [-0.1, -0.05) is 25.1 Å². The molecule has 2 aromatic carbocycles. The first-order valence-corrected chi connectivity index (χ1v) is 11.9. The number of aromatic amines is 1. The SMILES string of the molecule is CC1CCN(C(=O)C(CCc2cccc(C(=O)O)c2)NSc2cccc3[nH]ccc23)CC1. The van der Waals surface area contributed by atoms with Crippen LogP contribution in [0.4, 0.5) is 0 Å². The van der Waals surface area contributed by atoms with Crippen LogP contribution in [0, 0.1) is 5.92 Å². The number of carboxylic acids is 1. The molecule has 1 aliphatic heterocycles. The van der Waals surface area contributed by atoms with Crippen molar-refractivity contribution in [1.82, 2.24) is 14.6 Å². The predicted octanol–water partition coefficient (Wildman–Crippen LogP) is 4.72. The Morgan fingerprint density at radius 1 is 1.19 bits per heavy atom. The van der Waals surface area contributed by atoms with E-state index in [4.69, 9.17) is 0 Å². The maximum atomic E-state index is 13.4. The van der Waals surface area contributed by atoms with E-state index in [0.717, 1.165) is 47.3 Å². The van der Waals surface area contributed by atoms with Gasteiger partial charge in [0.1, 0.15) is 0 Å². The van der Waals surface area contributed by atoms with E-state index >= 15 is 0 Å². The number of carboxylic acid groups (broad SMARTS) is 1. The predicted molar refractivity (Wildman–Crippen MR) is 128 cm³/mol. The second kappa shape index (κ2) is 10.2. The molecule has 0 radical (unpaired) electrons. The number of aromatic nitrogens is 1. The number of aromatic carboxylic acids is 1. The highest BCUT2D eigenvalue weighted by molar-refractivity contribution is 7.97. The van der Waals surface area contributed by atoms with E-state index in [1.807, 2.05) is 41.4 Å². The van der Waals surface area contributed by atoms with Crippen molar-refractivity contribution >= 4 is 34.7 Å². The van der Waals surface area contributed by atoms with Gasteiger partial charge >= 0.3 is 5.97 Å². The van der Waals surface area contributed by atoms with Crippen LogP contribution >= 0.6 is 11.9 Å². The quantitative estimate of drug-likeness (QED) is 0.432. The fourth-order valence-electron chi connectivity index (χ4n) is 4.13. The minimum absolute atomic E-state index is 0.125. The zero-order chi connectivity index (χ0) is 22.5. The Bertz CT molecular complexity index is 1090. The fraction of sp³-hybridized carbons (Fsp3) is 0.360. The average molecular weight is 452 g/mol. The van der Waals surface area contributed by atoms with Crippen molar-refractivity contribution in [2.24, 2.45) is 5.92 Å². The van der Waals surface area contributed by atoms with Gasteiger partial charge in [0.15, 0.2) is 0 Å². The van der Waals surface area contributed by atoms with Gasteiger partial charge in [-0.2, -0.15) is 0 Å². The number of hydrogen-bond donors (Lipinski definition) is 3. The molecule has 1 fully saturated rings. The molecular formula is C25H29N3O3S. The number of fused-ring (bicyclic) bond motifs is 1. The number of amides is 1. The van der Waals surface area contributed by atoms with Gasteiger partial charge in [0.05, 0.1) is 11.6 Å². The summed E-state index contributed by atoms with van der Waals surface area (Å²) in [5.74, 6) is -0.153. The largest absolute Gasteiger partial charge is 0.478 e. The third kappa shape index (κ3) is 5.34. The molecule has 1 amide bonds. The minimum atomic E-state index is -0.935. The van der Waals surface area contributed by atoms with E-state index in [1.54, 1.807) is 18.2 Å². The van der Waals surface area contributed by atoms with Crippen molar-refractivity contribution in [2.45, 2.75) is 43.5 Å². The monoisotopic (exact) mass is 451 g/mol. The van der Waals surface area contributed by atoms with Crippen LogP contribution in [0.1, 0.15) is 42.1 Å². The van der Waals surface area contributed by atoms with Gasteiger partial charge in [-0.05, 0) is 79.4 Å². The Hall–Kier alpha value is -2.77. The summed E-state index contributed by atoms with van der Waals surface area (Å²) in [6.45, 7) is 3.83. The molecule has 32 heavy (non-hydrogen) atoms. The highest BCUT2D eigenvalue weighted by Crippen LogP contribution is 2.27. The first-order valence-electron chi connectivity index (χ1n) is 11.1. The molecule has 0 aliphatic carbocycles. The molecule has 1 unspecified atom stereocenters. The average Bonchev–Trinajstić information content (AvgIpc) is 3.29. The summed E-state index contributed by atoms with van der Waals surface area (Å²) in [6.07, 6.45) is 5.22. The van der Waals surface area contributed by atoms with Gasteiger partial charge in [-0.3, -0.25) is 4.79 Å². The second-order valence-electron chi connectivity index (χ2n) is 8.52. The molecule has 0 saturated carbocycles. The van der Waals surface area contributed by atoms with Crippen molar-refractivity contribution in [2.75, 3.05) is 13.1 Å². The van der Waals surface area contributed by atoms with Crippen LogP contribution in [0.2, 0.25) is 0 Å². The number of nitrogens with zero attached hydrogens (tertiary/aromatic N) is 1. The molecule has 3 N–H and O–H groups in total. The molecule has 4 rings (SSSR count). The molecule has 0 spiro atoms. The minimum Gasteiger partial charge on any atom is -0.478 e. The van der Waals surface area contributed by atoms with Gasteiger partial charge in [0.25, 0.3) is 0 Å². The Kier molecular flexibility index (Phi) is 7.17. The maximum absolute atomic E-state index is 13.4. The molecule has 2 heterocycles. The third-order valence-electron chi connectivity index (χ3n) is 6.16. The zero-order valence-corrected chi connectivity index (χ0v) is 19.0. The number of nitrogens with one attached hydrogen (secondary N) is 2. The molecule has 3 aromatic rings. The maximum Gasteiger partial charge on any atom is 0.335 e. The van der Waals surface area contributed by atoms with Gasteiger partial charge < -0.3 is 15.0 Å². The smallest absolute Gasteiger partial charge is 0.335 e. The molecule has 0 bridgehead atoms. The Balaban J connectivity index is 1.48. The van der Waals surface area contributed by atoms with Gasteiger partial charge in [0.2, 0.25) is 5.91 Å². The molecule has 168 valence electrons. The summed E-state index contributed by atoms with van der Waals surface area (Å²) < 4.78 is 3.43. The van der Waals surface area contributed by atoms with E-state index < -0.39 is 5.97 Å². The highest BCUT2D eigenvalue weighted by atomic mass is 32.2. The van der Waals surface area contributed by atoms with Gasteiger partial charge in [-0.15, -0.1) is 0 Å². The van der Waals surface area contributed by atoms with Crippen molar-refractivity contribution < 1.29 is 14.7 Å². The van der Waals surface area contributed by atoms with Crippen LogP contribution in [0.25, 0.3) is 10.9 Å². The van der Waals surface area contributed by atoms with E-state index in [9.17, 15) is 14.7 Å². The number of aryl methyl sites for hydroxylation is 1. The number of piperidine rings is 1. The van der Waals surface area contributed by atoms with Crippen LogP contribution in [-0.2, 0) is 11.2 Å². The molecule has 1 saturated heterocycles. The number of likely N-dealkylation sites (tertiary alicyclic amines) is 1. The second-order valence-corrected chi connectivity index (χ2v) is 9.40. The van der Waals surface area contributed by atoms with E-state index in [-0.39, 0.29) is 17.5 Å². The summed E-state index contributed by atoms with van der Waals surface area (Å²) in [4.78, 5) is 31.0. The molecule has 1 aromatic heterocycles. The summed E-state index contributed by atoms with van der Waals surface area (Å²) in [5, 5.41) is 10.4. The lowest BCUT2D eigenvalue weighted by atomic mass is 9.97. The summed E-state index contributed by atoms with van der Waals surface area (Å²) in [7, 11) is 0. The molecule has 6 nitrogen and oxygen atoms in total. The first kappa shape index (κ1) is 22.4. The van der Waals surface area contributed by atoms with Crippen LogP contribution in [-0.4, -0.2) is 46.0 Å². The fourth-order valence-corrected chi connectivity index (χ4v) is 5.06. The topological polar surface area (TPSA) is 85.4 Å². The van der Waals surface area contributed by atoms with Crippen molar-refractivity contribution in [1.29, 1.82) is 0 Å². The lowest BCUT2D eigenvalue weighted by molar-refractivity contribution is -0.134. The number of carbonyl (C=O) groups excluding carboxylic acids is 1. The van der Waals surface area contributed by atoms with Gasteiger partial charge in [-0.25, -0.2) is 9.52 Å². The standard InChI is InChI=1S/C25H29N3O3S/c1-17-11-14-28(15-12-17)24(29)22(9-8-18-4-2-5-19(16-18)25(30)31)27-32-23-7-3-6-21-20(23)10-13-26-21/h2-7,10,13,16-17,22,26-27H,8-9,11-12,14-15H2,1H3,(H,30,31). The van der Waals surface area contributed by atoms with Crippen molar-refractivity contribution in [3.05, 3.63) is 65.9 Å². The van der Waals surface area contributed by atoms with Gasteiger partial charge in [0, 0.05) is 35.1 Å². The van der Waals surface area contributed by atoms with Crippen LogP contribution in [0.3, 0.4) is 0 Å². The normalized spacial score (nSPS) is 15.7. The number of hydrogen-bond acceptors (Lipinski definition) is 4. The Morgan fingerprint density at radius 2 is 1.97 bits per heavy atom. The van der Waals surface area contributed by atoms with E-state index in [0.29, 0.717) is 18.8 Å². The lowest BCUT2D eigenvalue weighted by Gasteiger charge is -2.33. The Morgan fingerprint density at radius 3 is 2.75 bits per heavy atom. The van der Waals surface area contributed by atoms with Crippen LogP contribution in [0.5, 0.6) is 0 Å². The molecular weight excluding hydrogens is 422 g/mol. The Labute approximate surface area is 192 Å². The number of rotatable bonds is 8. The number of benzene rings is 2. The number of H-pyrrole nitrogens is 1. The van der Waals surface area contributed by atoms with E-state index in [1.165, 1.54) is 11.9 Å². The lowest BCUT2D eigenvalue weighted by Crippen LogP contribution is -2.47. The van der Waals surface area contributed by atoms with Crippen molar-refractivity contribution in [3.8, 4) is 0 Å². The number of carbonyl (C=O) groups is 2. The van der Waals surface area contributed by atoms with Crippen molar-refractivity contribution in [3.63, 3.8) is 0 Å². The first-order chi connectivity index (χ1) is 15.5. The zero-order valence-electron chi connectivity index (χ0n) is 18.2.